The molecule has 4 aromatic carbocycles. The zero-order valence-electron chi connectivity index (χ0n) is 29.1. The first-order chi connectivity index (χ1) is 26.2. The van der Waals surface area contributed by atoms with Gasteiger partial charge in [-0.15, -0.1) is 0 Å². The molecular weight excluding hydrogens is 799 g/mol. The number of H-pyrrole nitrogens is 1. The van der Waals surface area contributed by atoms with Gasteiger partial charge < -0.3 is 30.0 Å². The summed E-state index contributed by atoms with van der Waals surface area (Å²) in [5.41, 5.74) is 9.86. The van der Waals surface area contributed by atoms with Gasteiger partial charge in [0.15, 0.2) is 12.4 Å². The van der Waals surface area contributed by atoms with Crippen molar-refractivity contribution in [2.45, 2.75) is 31.7 Å². The van der Waals surface area contributed by atoms with Crippen molar-refractivity contribution >= 4 is 63.4 Å². The van der Waals surface area contributed by atoms with Crippen molar-refractivity contribution in [3.63, 3.8) is 0 Å². The minimum Gasteiger partial charge on any atom is -0.497 e. The molecule has 1 unspecified atom stereocenters. The highest BCUT2D eigenvalue weighted by atomic mass is 127. The summed E-state index contributed by atoms with van der Waals surface area (Å²) >= 11 is 2.37. The number of carbonyl (C=O) groups is 3. The number of nitrogens with one attached hydrogen (secondary N) is 2. The van der Waals surface area contributed by atoms with Crippen LogP contribution < -0.4 is 14.8 Å². The minimum absolute atomic E-state index is 0.231. The van der Waals surface area contributed by atoms with E-state index in [1.54, 1.807) is 13.2 Å². The largest absolute Gasteiger partial charge is 0.497 e. The number of methoxy groups -OCH3 is 1. The number of aromatic nitrogens is 1. The summed E-state index contributed by atoms with van der Waals surface area (Å²) in [7, 11) is 1.64. The molecule has 0 spiro atoms. The normalized spacial score (nSPS) is 14.6. The van der Waals surface area contributed by atoms with Crippen molar-refractivity contribution in [2.75, 3.05) is 13.7 Å². The first kappa shape index (κ1) is 36.3. The van der Waals surface area contributed by atoms with E-state index in [9.17, 15) is 19.5 Å². The Hall–Kier alpha value is -6.02. The third-order valence-corrected chi connectivity index (χ3v) is 10.3. The number of aryl methyl sites for hydroxylation is 1. The number of hydrogen-bond acceptors (Lipinski definition) is 6. The zero-order chi connectivity index (χ0) is 37.8. The van der Waals surface area contributed by atoms with Crippen LogP contribution in [0.25, 0.3) is 28.0 Å². The lowest BCUT2D eigenvalue weighted by Crippen LogP contribution is -2.43. The third kappa shape index (κ3) is 7.69. The number of rotatable bonds is 13. The molecule has 0 saturated carbocycles. The predicted molar refractivity (Wildman–Crippen MR) is 215 cm³/mol. The number of allylic oxidation sites excluding steroid dienone is 1. The Morgan fingerprint density at radius 3 is 2.24 bits per heavy atom. The Bertz CT molecular complexity index is 2330. The van der Waals surface area contributed by atoms with E-state index in [4.69, 9.17) is 24.6 Å². The van der Waals surface area contributed by atoms with Crippen LogP contribution in [0.3, 0.4) is 0 Å². The van der Waals surface area contributed by atoms with Crippen LogP contribution in [-0.4, -0.2) is 64.3 Å². The van der Waals surface area contributed by atoms with Crippen molar-refractivity contribution < 1.29 is 34.1 Å². The van der Waals surface area contributed by atoms with E-state index < -0.39 is 30.5 Å². The first-order valence-electron chi connectivity index (χ1n) is 17.3. The van der Waals surface area contributed by atoms with Crippen LogP contribution in [0.5, 0.6) is 11.5 Å². The summed E-state index contributed by atoms with van der Waals surface area (Å²) < 4.78 is 12.1. The number of aromatic amines is 1. The molecule has 5 aromatic rings. The molecule has 1 amide bonds. The van der Waals surface area contributed by atoms with Gasteiger partial charge in [0.05, 0.1) is 22.1 Å². The van der Waals surface area contributed by atoms with E-state index in [2.05, 4.69) is 57.2 Å². The smallest absolute Gasteiger partial charge is 0.326 e. The van der Waals surface area contributed by atoms with Gasteiger partial charge in [-0.3, -0.25) is 9.59 Å². The fraction of sp³-hybridized carbons (Fsp3) is 0.167. The molecule has 2 aliphatic rings. The standard InChI is InChI=1S/C42H35IN4O7/c1-53-28-15-12-26(13-16-28)38-37(43)36(25-10-6-3-7-11-25)41(45-38)47-40-35(24-8-4-2-5-9-24)31-18-14-27-22-29(17-19-30(27)39(31)46-40)54-23-33(48)44-32(42(51)52)20-21-34(49)50/h2-13,15-17,19,22,32,46H,14,18,20-21,23H2,1H3,(H,44,48)(H,49,50)(H,51,52). The number of amidine groups is 1. The van der Waals surface area contributed by atoms with Gasteiger partial charge in [0.1, 0.15) is 23.4 Å². The fourth-order valence-corrected chi connectivity index (χ4v) is 7.68. The predicted octanol–water partition coefficient (Wildman–Crippen LogP) is 7.65. The lowest BCUT2D eigenvalue weighted by Gasteiger charge is -2.19. The quantitative estimate of drug-likeness (QED) is 0.0886. The molecule has 1 atom stereocenters. The summed E-state index contributed by atoms with van der Waals surface area (Å²) in [4.78, 5) is 49.0. The van der Waals surface area contributed by atoms with E-state index in [0.29, 0.717) is 23.8 Å². The third-order valence-electron chi connectivity index (χ3n) is 9.30. The second kappa shape index (κ2) is 15.9. The molecule has 11 nitrogen and oxygen atoms in total. The monoisotopic (exact) mass is 834 g/mol. The van der Waals surface area contributed by atoms with Crippen molar-refractivity contribution in [3.8, 4) is 33.9 Å². The molecule has 0 saturated heterocycles. The van der Waals surface area contributed by atoms with Gasteiger partial charge in [0.2, 0.25) is 0 Å². The number of benzene rings is 4. The number of halogens is 1. The SMILES string of the molecule is COc1ccc(C2=NC(=Nc3[nH]c4c(c3-c3ccccc3)CCc3cc(OCC(=O)NC(CCC(=O)O)C(=O)O)ccc3-4)C(c3ccccc3)=C2I)cc1. The molecule has 1 aliphatic heterocycles. The molecule has 0 bridgehead atoms. The number of carbonyl (C=O) groups excluding carboxylic acids is 1. The highest BCUT2D eigenvalue weighted by Gasteiger charge is 2.30. The molecule has 1 aromatic heterocycles. The Morgan fingerprint density at radius 2 is 1.57 bits per heavy atom. The van der Waals surface area contributed by atoms with E-state index in [-0.39, 0.29) is 12.8 Å². The minimum atomic E-state index is -1.32. The van der Waals surface area contributed by atoms with Crippen LogP contribution in [0.2, 0.25) is 0 Å². The molecule has 0 fully saturated rings. The van der Waals surface area contributed by atoms with Crippen LogP contribution in [-0.2, 0) is 27.2 Å². The molecule has 4 N–H and O–H groups in total. The number of carboxylic acid groups (broad SMARTS) is 2. The first-order valence-corrected chi connectivity index (χ1v) is 18.4. The Balaban J connectivity index is 1.23. The van der Waals surface area contributed by atoms with Gasteiger partial charge >= 0.3 is 11.9 Å². The summed E-state index contributed by atoms with van der Waals surface area (Å²) in [6.07, 6.45) is 0.821. The van der Waals surface area contributed by atoms with Crippen molar-refractivity contribution in [2.24, 2.45) is 9.98 Å². The van der Waals surface area contributed by atoms with E-state index >= 15 is 0 Å². The Kier molecular flexibility index (Phi) is 10.7. The average Bonchev–Trinajstić information content (AvgIpc) is 3.72. The number of nitrogens with zero attached hydrogens (tertiary/aromatic N) is 2. The number of aliphatic imine (C=N–C) groups is 2. The van der Waals surface area contributed by atoms with Crippen molar-refractivity contribution in [1.82, 2.24) is 10.3 Å². The van der Waals surface area contributed by atoms with Gasteiger partial charge in [-0.25, -0.2) is 14.8 Å². The maximum Gasteiger partial charge on any atom is 0.326 e. The highest BCUT2D eigenvalue weighted by molar-refractivity contribution is 14.1. The van der Waals surface area contributed by atoms with Gasteiger partial charge in [-0.2, -0.15) is 0 Å². The Morgan fingerprint density at radius 1 is 0.889 bits per heavy atom. The van der Waals surface area contributed by atoms with Gasteiger partial charge in [-0.05, 0) is 107 Å². The second-order valence-corrected chi connectivity index (χ2v) is 13.8. The molecule has 12 heteroatoms. The lowest BCUT2D eigenvalue weighted by molar-refractivity contribution is -0.143. The zero-order valence-corrected chi connectivity index (χ0v) is 31.3. The molecule has 272 valence electrons. The maximum atomic E-state index is 12.5. The van der Waals surface area contributed by atoms with Crippen LogP contribution in [0.1, 0.15) is 35.1 Å². The van der Waals surface area contributed by atoms with Gasteiger partial charge in [-0.1, -0.05) is 60.7 Å². The van der Waals surface area contributed by atoms with Crippen molar-refractivity contribution in [3.05, 3.63) is 129 Å². The maximum absolute atomic E-state index is 12.5. The van der Waals surface area contributed by atoms with Crippen molar-refractivity contribution in [1.29, 1.82) is 0 Å². The Labute approximate surface area is 324 Å². The topological polar surface area (TPSA) is 163 Å². The number of hydrogen-bond donors (Lipinski definition) is 4. The van der Waals surface area contributed by atoms with Crippen LogP contribution in [0, 0.1) is 0 Å². The van der Waals surface area contributed by atoms with Crippen LogP contribution >= 0.6 is 22.6 Å². The van der Waals surface area contributed by atoms with Crippen LogP contribution in [0.4, 0.5) is 5.82 Å². The number of aliphatic carboxylic acids is 2. The summed E-state index contributed by atoms with van der Waals surface area (Å²) in [6, 6.07) is 32.5. The number of carboxylic acids is 2. The summed E-state index contributed by atoms with van der Waals surface area (Å²) in [5, 5.41) is 20.6. The number of amides is 1. The molecule has 1 aliphatic carbocycles. The lowest BCUT2D eigenvalue weighted by atomic mass is 9.87. The molecule has 54 heavy (non-hydrogen) atoms. The van der Waals surface area contributed by atoms with Crippen LogP contribution in [0.15, 0.2) is 117 Å². The molecular formula is C42H35IN4O7. The van der Waals surface area contributed by atoms with Gasteiger partial charge in [0, 0.05) is 28.7 Å². The molecule has 0 radical (unpaired) electrons. The summed E-state index contributed by atoms with van der Waals surface area (Å²) in [6.45, 7) is -0.418. The average molecular weight is 835 g/mol. The molecule has 2 heterocycles. The number of fused-ring (bicyclic) bond motifs is 3. The van der Waals surface area contributed by atoms with Gasteiger partial charge in [0.25, 0.3) is 5.91 Å². The fourth-order valence-electron chi connectivity index (χ4n) is 6.70. The van der Waals surface area contributed by atoms with E-state index in [1.165, 1.54) is 0 Å². The van der Waals surface area contributed by atoms with E-state index in [0.717, 1.165) is 71.7 Å². The van der Waals surface area contributed by atoms with E-state index in [1.807, 2.05) is 72.8 Å². The number of ether oxygens (including phenoxy) is 2. The summed E-state index contributed by atoms with van der Waals surface area (Å²) in [5.74, 6) is -0.589. The molecule has 7 rings (SSSR count). The second-order valence-electron chi connectivity index (χ2n) is 12.7. The highest BCUT2D eigenvalue weighted by Crippen LogP contribution is 2.46.